The van der Waals surface area contributed by atoms with Crippen LogP contribution in [0.4, 0.5) is 0 Å². The van der Waals surface area contributed by atoms with Crippen molar-refractivity contribution >= 4 is 22.6 Å². The fourth-order valence-electron chi connectivity index (χ4n) is 4.07. The molecule has 6 heteroatoms. The third kappa shape index (κ3) is 1.92. The summed E-state index contributed by atoms with van der Waals surface area (Å²) < 4.78 is 3.42. The van der Waals surface area contributed by atoms with Gasteiger partial charge in [0.05, 0.1) is 22.2 Å². The zero-order valence-electron chi connectivity index (χ0n) is 13.9. The number of rotatable bonds is 1. The van der Waals surface area contributed by atoms with Crippen molar-refractivity contribution in [3.8, 4) is 5.69 Å². The topological polar surface area (TPSA) is 78.0 Å². The van der Waals surface area contributed by atoms with Crippen LogP contribution in [0.25, 0.3) is 16.6 Å². The van der Waals surface area contributed by atoms with Gasteiger partial charge in [-0.2, -0.15) is 0 Å². The van der Waals surface area contributed by atoms with Gasteiger partial charge in [-0.05, 0) is 24.3 Å². The Balaban J connectivity index is 1.93. The number of aliphatic carboxylic acids is 1. The van der Waals surface area contributed by atoms with E-state index in [1.54, 1.807) is 16.7 Å². The number of benzene rings is 2. The van der Waals surface area contributed by atoms with Crippen molar-refractivity contribution in [1.82, 2.24) is 9.55 Å². The van der Waals surface area contributed by atoms with Crippen molar-refractivity contribution in [2.24, 2.45) is 0 Å². The molecular formula is C20H15N3O3. The molecule has 1 atom stereocenters. The summed E-state index contributed by atoms with van der Waals surface area (Å²) in [5, 5.41) is 12.2. The Morgan fingerprint density at radius 3 is 2.77 bits per heavy atom. The van der Waals surface area contributed by atoms with Crippen molar-refractivity contribution in [3.05, 3.63) is 70.3 Å². The van der Waals surface area contributed by atoms with Crippen LogP contribution in [-0.2, 0) is 4.79 Å². The zero-order valence-corrected chi connectivity index (χ0v) is 13.9. The number of para-hydroxylation sites is 2. The number of nitrogens with zero attached hydrogens (tertiary/aromatic N) is 3. The van der Waals surface area contributed by atoms with Gasteiger partial charge in [-0.15, -0.1) is 0 Å². The first-order valence-corrected chi connectivity index (χ1v) is 8.63. The minimum atomic E-state index is -1.09. The van der Waals surface area contributed by atoms with Gasteiger partial charge in [0, 0.05) is 12.8 Å². The first kappa shape index (κ1) is 15.0. The Morgan fingerprint density at radius 1 is 1.15 bits per heavy atom. The second-order valence-corrected chi connectivity index (χ2v) is 6.63. The Bertz CT molecular complexity index is 1180. The molecule has 0 unspecified atom stereocenters. The van der Waals surface area contributed by atoms with Crippen LogP contribution in [0.15, 0.2) is 53.3 Å². The van der Waals surface area contributed by atoms with E-state index in [0.29, 0.717) is 35.4 Å². The highest BCUT2D eigenvalue weighted by atomic mass is 16.4. The van der Waals surface area contributed by atoms with Crippen LogP contribution in [-0.4, -0.2) is 38.4 Å². The molecular weight excluding hydrogens is 330 g/mol. The molecule has 0 amide bonds. The van der Waals surface area contributed by atoms with Gasteiger partial charge in [0.25, 0.3) is 11.3 Å². The Kier molecular flexibility index (Phi) is 3.09. The average Bonchev–Trinajstić information content (AvgIpc) is 3.24. The lowest BCUT2D eigenvalue weighted by Crippen LogP contribution is -2.42. The molecule has 5 rings (SSSR count). The number of carbonyl (C=O) groups excluding carboxylic acids is 1. The van der Waals surface area contributed by atoms with E-state index >= 15 is 0 Å². The molecule has 0 spiro atoms. The maximum absolute atomic E-state index is 13.1. The summed E-state index contributed by atoms with van der Waals surface area (Å²) in [5.41, 5.74) is 2.75. The highest BCUT2D eigenvalue weighted by molar-refractivity contribution is 6.14. The molecule has 128 valence electrons. The quantitative estimate of drug-likeness (QED) is 0.470. The second kappa shape index (κ2) is 5.36. The van der Waals surface area contributed by atoms with Gasteiger partial charge in [-0.25, -0.2) is 9.56 Å². The molecule has 0 N–H and O–H groups in total. The zero-order chi connectivity index (χ0) is 17.8. The van der Waals surface area contributed by atoms with Crippen molar-refractivity contribution in [3.63, 3.8) is 0 Å². The maximum atomic E-state index is 13.1. The van der Waals surface area contributed by atoms with Gasteiger partial charge in [0.2, 0.25) is 5.82 Å². The van der Waals surface area contributed by atoms with Crippen LogP contribution >= 0.6 is 0 Å². The summed E-state index contributed by atoms with van der Waals surface area (Å²) in [6.07, 6.45) is 1.30. The monoisotopic (exact) mass is 345 g/mol. The standard InChI is InChI=1S/C20H15N3O3/c24-19-12-6-1-3-8-14(12)21-18-17(22-11-5-10-16(22)20(25)26)13-7-2-4-9-15(13)23(18)19/h1-4,6-9,16H,5,10-11H2/t16-/m0/s1. The summed E-state index contributed by atoms with van der Waals surface area (Å²) in [7, 11) is 0. The summed E-state index contributed by atoms with van der Waals surface area (Å²) in [6, 6.07) is 14.1. The molecule has 3 heterocycles. The Hall–Kier alpha value is -3.28. The summed E-state index contributed by atoms with van der Waals surface area (Å²) in [4.78, 5) is 29.5. The number of fused-ring (bicyclic) bond motifs is 4. The largest absolute Gasteiger partial charge is 0.543 e. The lowest BCUT2D eigenvalue weighted by molar-refractivity contribution is -0.542. The van der Waals surface area contributed by atoms with Gasteiger partial charge < -0.3 is 9.90 Å². The molecule has 0 aliphatic carbocycles. The highest BCUT2D eigenvalue weighted by Crippen LogP contribution is 2.28. The normalized spacial score (nSPS) is 21.0. The third-order valence-corrected chi connectivity index (χ3v) is 5.20. The highest BCUT2D eigenvalue weighted by Gasteiger charge is 2.40. The minimum Gasteiger partial charge on any atom is -0.543 e. The van der Waals surface area contributed by atoms with Gasteiger partial charge in [0.15, 0.2) is 6.04 Å². The molecule has 0 bridgehead atoms. The Labute approximate surface area is 148 Å². The van der Waals surface area contributed by atoms with E-state index in [2.05, 4.69) is 0 Å². The molecule has 1 aromatic heterocycles. The van der Waals surface area contributed by atoms with Crippen LogP contribution in [0.1, 0.15) is 24.2 Å². The van der Waals surface area contributed by atoms with Crippen LogP contribution < -0.4 is 10.7 Å². The van der Waals surface area contributed by atoms with Crippen LogP contribution in [0.3, 0.4) is 0 Å². The third-order valence-electron chi connectivity index (χ3n) is 5.20. The molecule has 2 aliphatic rings. The lowest BCUT2D eigenvalue weighted by atomic mass is 10.1. The fraction of sp³-hybridized carbons (Fsp3) is 0.200. The van der Waals surface area contributed by atoms with E-state index in [9.17, 15) is 14.7 Å². The van der Waals surface area contributed by atoms with Gasteiger partial charge in [-0.1, -0.05) is 24.3 Å². The van der Waals surface area contributed by atoms with E-state index in [0.717, 1.165) is 17.7 Å². The van der Waals surface area contributed by atoms with Gasteiger partial charge in [0.1, 0.15) is 12.5 Å². The van der Waals surface area contributed by atoms with E-state index in [1.807, 2.05) is 41.0 Å². The van der Waals surface area contributed by atoms with Crippen molar-refractivity contribution < 1.29 is 14.5 Å². The second-order valence-electron chi connectivity index (χ2n) is 6.63. The molecule has 26 heavy (non-hydrogen) atoms. The van der Waals surface area contributed by atoms with Gasteiger partial charge >= 0.3 is 0 Å². The molecule has 3 aromatic rings. The van der Waals surface area contributed by atoms with Crippen molar-refractivity contribution in [2.75, 3.05) is 6.54 Å². The molecule has 6 nitrogen and oxygen atoms in total. The fourth-order valence-corrected chi connectivity index (χ4v) is 4.07. The number of carbonyl (C=O) groups is 1. The van der Waals surface area contributed by atoms with E-state index < -0.39 is 12.0 Å². The predicted molar refractivity (Wildman–Crippen MR) is 93.7 cm³/mol. The van der Waals surface area contributed by atoms with E-state index in [4.69, 9.17) is 4.98 Å². The summed E-state index contributed by atoms with van der Waals surface area (Å²) in [5.74, 6) is -0.586. The molecule has 0 radical (unpaired) electrons. The smallest absolute Gasteiger partial charge is 0.266 e. The first-order valence-electron chi connectivity index (χ1n) is 8.63. The number of hydrogen-bond donors (Lipinski definition) is 0. The average molecular weight is 345 g/mol. The SMILES string of the molecule is O=C([O-])[C@@H]1CCC[N+]1=C1c2ccccc2-n2c1nc1ccccc1c2=O. The number of carboxylic acids is 1. The Morgan fingerprint density at radius 2 is 1.92 bits per heavy atom. The number of hydrogen-bond acceptors (Lipinski definition) is 4. The van der Waals surface area contributed by atoms with E-state index in [1.165, 1.54) is 0 Å². The van der Waals surface area contributed by atoms with Crippen molar-refractivity contribution in [2.45, 2.75) is 18.9 Å². The maximum Gasteiger partial charge on any atom is 0.266 e. The van der Waals surface area contributed by atoms with Crippen LogP contribution in [0.5, 0.6) is 0 Å². The first-order chi connectivity index (χ1) is 12.7. The summed E-state index contributed by atoms with van der Waals surface area (Å²) >= 11 is 0. The molecule has 0 saturated carbocycles. The number of aromatic nitrogens is 2. The molecule has 1 saturated heterocycles. The molecule has 1 fully saturated rings. The minimum absolute atomic E-state index is 0.141. The molecule has 2 aliphatic heterocycles. The summed E-state index contributed by atoms with van der Waals surface area (Å²) in [6.45, 7) is 0.602. The lowest BCUT2D eigenvalue weighted by Gasteiger charge is -2.11. The van der Waals surface area contributed by atoms with Crippen LogP contribution in [0.2, 0.25) is 0 Å². The van der Waals surface area contributed by atoms with Crippen LogP contribution in [0, 0.1) is 0 Å². The molecule has 2 aromatic carbocycles. The van der Waals surface area contributed by atoms with Gasteiger partial charge in [-0.3, -0.25) is 9.36 Å². The van der Waals surface area contributed by atoms with Crippen molar-refractivity contribution in [1.29, 1.82) is 0 Å². The number of carboxylic acid groups (broad SMARTS) is 1. The van der Waals surface area contributed by atoms with E-state index in [-0.39, 0.29) is 5.56 Å². The predicted octanol–water partition coefficient (Wildman–Crippen LogP) is 0.461.